The Morgan fingerprint density at radius 2 is 1.93 bits per heavy atom. The minimum atomic E-state index is -2.68. The number of nitrogens with one attached hydrogen (secondary N) is 3. The van der Waals surface area contributed by atoms with Gasteiger partial charge in [-0.2, -0.15) is 5.21 Å². The van der Waals surface area contributed by atoms with E-state index in [0.29, 0.717) is 61.1 Å². The van der Waals surface area contributed by atoms with Crippen molar-refractivity contribution in [2.24, 2.45) is 5.92 Å². The van der Waals surface area contributed by atoms with Crippen LogP contribution in [0.2, 0.25) is 0 Å². The lowest BCUT2D eigenvalue weighted by atomic mass is 9.90. The van der Waals surface area contributed by atoms with Gasteiger partial charge < -0.3 is 20.3 Å². The molecule has 1 aromatic heterocycles. The number of tetrazole rings is 1. The molecule has 2 amide bonds. The summed E-state index contributed by atoms with van der Waals surface area (Å²) in [6.07, 6.45) is 9.94. The number of ether oxygens (including phenoxy) is 1. The van der Waals surface area contributed by atoms with Crippen LogP contribution in [0.4, 0.5) is 19.3 Å². The first-order valence-corrected chi connectivity index (χ1v) is 14.8. The molecule has 1 aliphatic carbocycles. The largest absolute Gasteiger partial charge is 0.494 e. The highest BCUT2D eigenvalue weighted by molar-refractivity contribution is 5.91. The number of urea groups is 1. The van der Waals surface area contributed by atoms with Crippen molar-refractivity contribution in [2.45, 2.75) is 64.8 Å². The van der Waals surface area contributed by atoms with Crippen LogP contribution in [-0.2, 0) is 6.42 Å². The number of benzene rings is 2. The number of carbonyl (C=O) groups excluding carboxylic acids is 1. The topological polar surface area (TPSA) is 108 Å². The maximum Gasteiger partial charge on any atom is 0.323 e. The zero-order valence-electron chi connectivity index (χ0n) is 25.3. The van der Waals surface area contributed by atoms with Gasteiger partial charge in [-0.1, -0.05) is 50.1 Å². The minimum absolute atomic E-state index is 0.164. The molecule has 1 aliphatic rings. The highest BCUT2D eigenvalue weighted by Gasteiger charge is 2.38. The number of aromatic nitrogens is 4. The van der Waals surface area contributed by atoms with Crippen LogP contribution in [0, 0.1) is 18.3 Å². The molecule has 1 saturated carbocycles. The van der Waals surface area contributed by atoms with E-state index in [4.69, 9.17) is 11.2 Å². The number of terminal acetylenes is 1. The number of alkyl halides is 2. The van der Waals surface area contributed by atoms with Crippen molar-refractivity contribution in [3.63, 3.8) is 0 Å². The number of hydrogen-bond donors (Lipinski definition) is 3. The van der Waals surface area contributed by atoms with Crippen molar-refractivity contribution < 1.29 is 18.3 Å². The molecular weight excluding hydrogens is 564 g/mol. The number of hydrogen-bond acceptors (Lipinski definition) is 6. The number of aromatic amines is 1. The Bertz CT molecular complexity index is 1470. The van der Waals surface area contributed by atoms with Crippen molar-refractivity contribution in [3.8, 4) is 29.5 Å². The molecule has 3 N–H and O–H groups in total. The Morgan fingerprint density at radius 3 is 2.57 bits per heavy atom. The first-order chi connectivity index (χ1) is 21.2. The standard InChI is InChI=1S/C33H39F2N7O2/c1-5-9-30(42(22-23(3)4)26-18-20-33(34,35)21-19-26)29(37-32(43)36-25-13-15-27(16-14-25)44-6-2)17-12-24-10-7-8-11-28(24)31-38-40-41-39-31/h1,7-11,13-17,23,26H,6,12,18-22H2,2-4H3,(H2,36,37,43)(H,38,39,40,41)/b29-17+,30-9+. The van der Waals surface area contributed by atoms with Crippen molar-refractivity contribution in [1.29, 1.82) is 0 Å². The normalized spacial score (nSPS) is 15.5. The first-order valence-electron chi connectivity index (χ1n) is 14.8. The van der Waals surface area contributed by atoms with E-state index in [1.54, 1.807) is 30.3 Å². The van der Waals surface area contributed by atoms with Gasteiger partial charge in [0.1, 0.15) is 5.75 Å². The molecule has 3 aromatic rings. The van der Waals surface area contributed by atoms with Crippen LogP contribution in [-0.4, -0.2) is 56.7 Å². The van der Waals surface area contributed by atoms with Gasteiger partial charge in [0.15, 0.2) is 0 Å². The van der Waals surface area contributed by atoms with E-state index in [2.05, 4.69) is 55.9 Å². The number of anilines is 1. The highest BCUT2D eigenvalue weighted by atomic mass is 19.3. The van der Waals surface area contributed by atoms with Gasteiger partial charge in [-0.3, -0.25) is 0 Å². The van der Waals surface area contributed by atoms with E-state index in [0.717, 1.165) is 11.1 Å². The molecule has 11 heteroatoms. The average Bonchev–Trinajstić information content (AvgIpc) is 3.54. The zero-order valence-corrected chi connectivity index (χ0v) is 25.3. The van der Waals surface area contributed by atoms with Crippen LogP contribution in [0.3, 0.4) is 0 Å². The van der Waals surface area contributed by atoms with E-state index < -0.39 is 12.0 Å². The molecule has 0 atom stereocenters. The molecule has 4 rings (SSSR count). The van der Waals surface area contributed by atoms with Crippen molar-refractivity contribution in [3.05, 3.63) is 77.6 Å². The number of allylic oxidation sites excluding steroid dienone is 2. The van der Waals surface area contributed by atoms with Crippen LogP contribution in [0.5, 0.6) is 5.75 Å². The third-order valence-electron chi connectivity index (χ3n) is 7.30. The van der Waals surface area contributed by atoms with Crippen LogP contribution >= 0.6 is 0 Å². The molecule has 9 nitrogen and oxygen atoms in total. The third-order valence-corrected chi connectivity index (χ3v) is 7.30. The second kappa shape index (κ2) is 15.1. The monoisotopic (exact) mass is 603 g/mol. The van der Waals surface area contributed by atoms with Gasteiger partial charge in [-0.15, -0.1) is 16.6 Å². The summed E-state index contributed by atoms with van der Waals surface area (Å²) in [6.45, 7) is 7.13. The summed E-state index contributed by atoms with van der Waals surface area (Å²) in [4.78, 5) is 15.5. The fourth-order valence-electron chi connectivity index (χ4n) is 5.28. The van der Waals surface area contributed by atoms with E-state index in [-0.39, 0.29) is 24.8 Å². The summed E-state index contributed by atoms with van der Waals surface area (Å²) >= 11 is 0. The first kappa shape index (κ1) is 32.2. The number of amides is 2. The summed E-state index contributed by atoms with van der Waals surface area (Å²) in [7, 11) is 0. The van der Waals surface area contributed by atoms with E-state index in [1.165, 1.54) is 0 Å². The SMILES string of the molecule is C#C/C=C(\C(=C/Cc1ccccc1-c1nn[nH]n1)NC(=O)Nc1ccc(OCC)cc1)N(CC(C)C)C1CCC(F)(F)CC1. The van der Waals surface area contributed by atoms with Gasteiger partial charge >= 0.3 is 6.03 Å². The Labute approximate surface area is 257 Å². The summed E-state index contributed by atoms with van der Waals surface area (Å²) in [6, 6.07) is 14.0. The lowest BCUT2D eigenvalue weighted by Gasteiger charge is -2.41. The smallest absolute Gasteiger partial charge is 0.323 e. The second-order valence-electron chi connectivity index (χ2n) is 11.1. The number of carbonyl (C=O) groups is 1. The summed E-state index contributed by atoms with van der Waals surface area (Å²) in [5, 5.41) is 20.3. The maximum atomic E-state index is 14.2. The Hall–Kier alpha value is -4.72. The molecule has 232 valence electrons. The summed E-state index contributed by atoms with van der Waals surface area (Å²) in [5.74, 6) is 1.29. The van der Waals surface area contributed by atoms with Crippen LogP contribution in [0.25, 0.3) is 11.4 Å². The maximum absolute atomic E-state index is 14.2. The zero-order chi connectivity index (χ0) is 31.5. The van der Waals surface area contributed by atoms with Crippen LogP contribution < -0.4 is 15.4 Å². The van der Waals surface area contributed by atoms with Gasteiger partial charge in [0.25, 0.3) is 0 Å². The minimum Gasteiger partial charge on any atom is -0.494 e. The Morgan fingerprint density at radius 1 is 1.20 bits per heavy atom. The lowest BCUT2D eigenvalue weighted by Crippen LogP contribution is -2.44. The molecule has 0 unspecified atom stereocenters. The highest BCUT2D eigenvalue weighted by Crippen LogP contribution is 2.37. The van der Waals surface area contributed by atoms with Crippen molar-refractivity contribution in [2.75, 3.05) is 18.5 Å². The predicted molar refractivity (Wildman–Crippen MR) is 167 cm³/mol. The molecule has 1 heterocycles. The number of nitrogens with zero attached hydrogens (tertiary/aromatic N) is 4. The lowest BCUT2D eigenvalue weighted by molar-refractivity contribution is -0.0510. The number of H-pyrrole nitrogens is 1. The van der Waals surface area contributed by atoms with Gasteiger partial charge in [-0.05, 0) is 67.1 Å². The van der Waals surface area contributed by atoms with Crippen LogP contribution in [0.1, 0.15) is 52.0 Å². The Balaban J connectivity index is 1.68. The van der Waals surface area contributed by atoms with Gasteiger partial charge in [0, 0.05) is 42.8 Å². The van der Waals surface area contributed by atoms with E-state index >= 15 is 0 Å². The molecule has 0 saturated heterocycles. The van der Waals surface area contributed by atoms with E-state index in [9.17, 15) is 13.6 Å². The molecule has 2 aromatic carbocycles. The molecule has 0 aliphatic heterocycles. The van der Waals surface area contributed by atoms with Crippen molar-refractivity contribution in [1.82, 2.24) is 30.8 Å². The van der Waals surface area contributed by atoms with Gasteiger partial charge in [0.2, 0.25) is 11.7 Å². The van der Waals surface area contributed by atoms with Crippen molar-refractivity contribution >= 4 is 11.7 Å². The van der Waals surface area contributed by atoms with Crippen LogP contribution in [0.15, 0.2) is 72.1 Å². The third kappa shape index (κ3) is 8.89. The predicted octanol–water partition coefficient (Wildman–Crippen LogP) is 6.57. The van der Waals surface area contributed by atoms with Gasteiger partial charge in [0.05, 0.1) is 18.0 Å². The summed E-state index contributed by atoms with van der Waals surface area (Å²) in [5.41, 5.74) is 3.31. The number of halogens is 2. The quantitative estimate of drug-likeness (QED) is 0.160. The molecule has 44 heavy (non-hydrogen) atoms. The fraction of sp³-hybridized carbons (Fsp3) is 0.394. The Kier molecular flexibility index (Phi) is 11.1. The average molecular weight is 604 g/mol. The number of rotatable bonds is 12. The molecular formula is C33H39F2N7O2. The van der Waals surface area contributed by atoms with Gasteiger partial charge in [-0.25, -0.2) is 13.6 Å². The summed E-state index contributed by atoms with van der Waals surface area (Å²) < 4.78 is 33.8. The molecule has 0 spiro atoms. The fourth-order valence-corrected chi connectivity index (χ4v) is 5.28. The molecule has 0 bridgehead atoms. The molecule has 0 radical (unpaired) electrons. The molecule has 1 fully saturated rings. The second-order valence-corrected chi connectivity index (χ2v) is 11.1. The van der Waals surface area contributed by atoms with E-state index in [1.807, 2.05) is 37.3 Å².